The molecular formula is C13H11F3N2O. The summed E-state index contributed by atoms with van der Waals surface area (Å²) in [5.74, 6) is 0.560. The van der Waals surface area contributed by atoms with Gasteiger partial charge in [-0.25, -0.2) is 0 Å². The molecule has 2 aromatic carbocycles. The number of anilines is 2. The van der Waals surface area contributed by atoms with Crippen LogP contribution in [0.1, 0.15) is 5.56 Å². The van der Waals surface area contributed by atoms with E-state index >= 15 is 0 Å². The maximum absolute atomic E-state index is 12.6. The zero-order chi connectivity index (χ0) is 14.0. The Morgan fingerprint density at radius 3 is 2.05 bits per heavy atom. The topological polar surface area (TPSA) is 61.3 Å². The highest BCUT2D eigenvalue weighted by Gasteiger charge is 2.34. The maximum atomic E-state index is 12.6. The molecule has 0 radical (unpaired) electrons. The van der Waals surface area contributed by atoms with Crippen LogP contribution in [0.2, 0.25) is 0 Å². The van der Waals surface area contributed by atoms with Gasteiger partial charge in [0.05, 0.1) is 16.9 Å². The summed E-state index contributed by atoms with van der Waals surface area (Å²) in [5.41, 5.74) is 9.26. The first kappa shape index (κ1) is 13.1. The molecule has 0 saturated carbocycles. The summed E-state index contributed by atoms with van der Waals surface area (Å²) in [6, 6.07) is 10.6. The van der Waals surface area contributed by atoms with Gasteiger partial charge in [-0.2, -0.15) is 13.2 Å². The zero-order valence-electron chi connectivity index (χ0n) is 9.74. The summed E-state index contributed by atoms with van der Waals surface area (Å²) in [4.78, 5) is 0. The second-order valence-electron chi connectivity index (χ2n) is 3.85. The van der Waals surface area contributed by atoms with Crippen molar-refractivity contribution < 1.29 is 17.9 Å². The third-order valence-corrected chi connectivity index (χ3v) is 2.52. The third kappa shape index (κ3) is 2.73. The monoisotopic (exact) mass is 268 g/mol. The van der Waals surface area contributed by atoms with E-state index in [1.807, 2.05) is 0 Å². The van der Waals surface area contributed by atoms with Crippen LogP contribution in [0.25, 0.3) is 0 Å². The van der Waals surface area contributed by atoms with Crippen molar-refractivity contribution in [2.45, 2.75) is 6.18 Å². The molecule has 3 nitrogen and oxygen atoms in total. The summed E-state index contributed by atoms with van der Waals surface area (Å²) in [6.45, 7) is 0. The SMILES string of the molecule is Nc1c(Oc2ccccc2)ccc(C(F)(F)F)c1N. The number of benzene rings is 2. The Morgan fingerprint density at radius 2 is 1.47 bits per heavy atom. The van der Waals surface area contributed by atoms with Gasteiger partial charge in [0.2, 0.25) is 0 Å². The molecule has 0 aromatic heterocycles. The molecule has 0 aliphatic carbocycles. The van der Waals surface area contributed by atoms with Gasteiger partial charge in [-0.05, 0) is 24.3 Å². The highest BCUT2D eigenvalue weighted by atomic mass is 19.4. The molecule has 2 aromatic rings. The van der Waals surface area contributed by atoms with Crippen molar-refractivity contribution in [1.82, 2.24) is 0 Å². The van der Waals surface area contributed by atoms with E-state index in [9.17, 15) is 13.2 Å². The smallest absolute Gasteiger partial charge is 0.418 e. The highest BCUT2D eigenvalue weighted by Crippen LogP contribution is 2.41. The molecule has 0 aliphatic heterocycles. The fourth-order valence-corrected chi connectivity index (χ4v) is 1.57. The molecule has 0 bridgehead atoms. The van der Waals surface area contributed by atoms with Crippen molar-refractivity contribution in [1.29, 1.82) is 0 Å². The second-order valence-corrected chi connectivity index (χ2v) is 3.85. The van der Waals surface area contributed by atoms with E-state index < -0.39 is 17.4 Å². The van der Waals surface area contributed by atoms with Crippen LogP contribution in [0.15, 0.2) is 42.5 Å². The molecule has 2 rings (SSSR count). The lowest BCUT2D eigenvalue weighted by atomic mass is 10.1. The predicted octanol–water partition coefficient (Wildman–Crippen LogP) is 3.66. The van der Waals surface area contributed by atoms with Crippen LogP contribution in [0.4, 0.5) is 24.5 Å². The third-order valence-electron chi connectivity index (χ3n) is 2.52. The van der Waals surface area contributed by atoms with Gasteiger partial charge in [-0.3, -0.25) is 0 Å². The number of para-hydroxylation sites is 1. The van der Waals surface area contributed by atoms with Crippen LogP contribution in [-0.4, -0.2) is 0 Å². The largest absolute Gasteiger partial charge is 0.455 e. The van der Waals surface area contributed by atoms with E-state index in [0.717, 1.165) is 12.1 Å². The van der Waals surface area contributed by atoms with Crippen LogP contribution >= 0.6 is 0 Å². The number of halogens is 3. The van der Waals surface area contributed by atoms with Crippen molar-refractivity contribution in [2.24, 2.45) is 0 Å². The van der Waals surface area contributed by atoms with E-state index in [4.69, 9.17) is 16.2 Å². The highest BCUT2D eigenvalue weighted by molar-refractivity contribution is 5.75. The minimum absolute atomic E-state index is 0.0942. The van der Waals surface area contributed by atoms with Crippen LogP contribution in [0, 0.1) is 0 Å². The minimum atomic E-state index is -4.54. The first-order valence-electron chi connectivity index (χ1n) is 5.37. The van der Waals surface area contributed by atoms with E-state index in [-0.39, 0.29) is 11.4 Å². The van der Waals surface area contributed by atoms with Crippen LogP contribution in [0.5, 0.6) is 11.5 Å². The number of nitrogens with two attached hydrogens (primary N) is 2. The number of alkyl halides is 3. The number of hydrogen-bond donors (Lipinski definition) is 2. The molecule has 19 heavy (non-hydrogen) atoms. The lowest BCUT2D eigenvalue weighted by Crippen LogP contribution is -2.11. The van der Waals surface area contributed by atoms with Gasteiger partial charge in [-0.1, -0.05) is 18.2 Å². The van der Waals surface area contributed by atoms with E-state index in [0.29, 0.717) is 5.75 Å². The molecule has 0 unspecified atom stereocenters. The summed E-state index contributed by atoms with van der Waals surface area (Å²) < 4.78 is 43.2. The normalized spacial score (nSPS) is 11.3. The second kappa shape index (κ2) is 4.72. The first-order valence-corrected chi connectivity index (χ1v) is 5.37. The summed E-state index contributed by atoms with van der Waals surface area (Å²) in [7, 11) is 0. The van der Waals surface area contributed by atoms with Crippen molar-refractivity contribution in [2.75, 3.05) is 11.5 Å². The predicted molar refractivity (Wildman–Crippen MR) is 66.8 cm³/mol. The van der Waals surface area contributed by atoms with Gasteiger partial charge in [0.25, 0.3) is 0 Å². The van der Waals surface area contributed by atoms with Gasteiger partial charge >= 0.3 is 6.18 Å². The molecule has 0 saturated heterocycles. The molecule has 0 fully saturated rings. The average molecular weight is 268 g/mol. The number of nitrogen functional groups attached to an aromatic ring is 2. The first-order chi connectivity index (χ1) is 8.89. The van der Waals surface area contributed by atoms with Crippen molar-refractivity contribution in [3.8, 4) is 11.5 Å². The molecule has 6 heteroatoms. The Kier molecular flexibility index (Phi) is 3.25. The Morgan fingerprint density at radius 1 is 0.842 bits per heavy atom. The number of hydrogen-bond acceptors (Lipinski definition) is 3. The van der Waals surface area contributed by atoms with E-state index in [1.54, 1.807) is 30.3 Å². The van der Waals surface area contributed by atoms with E-state index in [2.05, 4.69) is 0 Å². The van der Waals surface area contributed by atoms with Gasteiger partial charge < -0.3 is 16.2 Å². The molecule has 100 valence electrons. The maximum Gasteiger partial charge on any atom is 0.418 e. The van der Waals surface area contributed by atoms with Crippen LogP contribution in [0.3, 0.4) is 0 Å². The van der Waals surface area contributed by atoms with Gasteiger partial charge in [-0.15, -0.1) is 0 Å². The lowest BCUT2D eigenvalue weighted by molar-refractivity contribution is -0.136. The zero-order valence-corrected chi connectivity index (χ0v) is 9.74. The lowest BCUT2D eigenvalue weighted by Gasteiger charge is -2.15. The Labute approximate surface area is 107 Å². The van der Waals surface area contributed by atoms with Gasteiger partial charge in [0.15, 0.2) is 5.75 Å². The molecule has 0 spiro atoms. The van der Waals surface area contributed by atoms with Gasteiger partial charge in [0, 0.05) is 0 Å². The molecule has 0 amide bonds. The van der Waals surface area contributed by atoms with Crippen LogP contribution in [-0.2, 0) is 6.18 Å². The molecular weight excluding hydrogens is 257 g/mol. The Bertz CT molecular complexity index is 582. The Hall–Kier alpha value is -2.37. The Balaban J connectivity index is 2.37. The quantitative estimate of drug-likeness (QED) is 0.817. The van der Waals surface area contributed by atoms with Crippen molar-refractivity contribution in [3.05, 3.63) is 48.0 Å². The molecule has 0 aliphatic rings. The number of rotatable bonds is 2. The summed E-state index contributed by atoms with van der Waals surface area (Å²) in [6.07, 6.45) is -4.54. The number of ether oxygens (including phenoxy) is 1. The van der Waals surface area contributed by atoms with Crippen molar-refractivity contribution in [3.63, 3.8) is 0 Å². The fraction of sp³-hybridized carbons (Fsp3) is 0.0769. The van der Waals surface area contributed by atoms with Crippen LogP contribution < -0.4 is 16.2 Å². The molecule has 0 atom stereocenters. The van der Waals surface area contributed by atoms with Gasteiger partial charge in [0.1, 0.15) is 5.75 Å². The summed E-state index contributed by atoms with van der Waals surface area (Å²) >= 11 is 0. The molecule has 0 heterocycles. The minimum Gasteiger partial charge on any atom is -0.455 e. The standard InChI is InChI=1S/C13H11F3N2O/c14-13(15,16)9-6-7-10(12(18)11(9)17)19-8-4-2-1-3-5-8/h1-7H,17-18H2. The summed E-state index contributed by atoms with van der Waals surface area (Å²) in [5, 5.41) is 0. The molecule has 4 N–H and O–H groups in total. The fourth-order valence-electron chi connectivity index (χ4n) is 1.57. The van der Waals surface area contributed by atoms with E-state index in [1.165, 1.54) is 0 Å². The van der Waals surface area contributed by atoms with Crippen molar-refractivity contribution >= 4 is 11.4 Å². The average Bonchev–Trinajstić information content (AvgIpc) is 2.35.